The molecule has 0 aromatic carbocycles. The van der Waals surface area contributed by atoms with Gasteiger partial charge in [-0.1, -0.05) is 13.8 Å². The molecular weight excluding hydrogens is 286 g/mol. The van der Waals surface area contributed by atoms with Crippen LogP contribution in [0, 0.1) is 25.2 Å². The summed E-state index contributed by atoms with van der Waals surface area (Å²) in [5.74, 6) is 0.916. The summed E-state index contributed by atoms with van der Waals surface area (Å²) in [6.45, 7) is 12.5. The van der Waals surface area contributed by atoms with Gasteiger partial charge in [0.05, 0.1) is 0 Å². The Hall–Kier alpha value is -1.58. The molecule has 0 saturated carbocycles. The molecule has 1 aromatic heterocycles. The van der Waals surface area contributed by atoms with Crippen molar-refractivity contribution >= 4 is 11.6 Å². The third kappa shape index (κ3) is 3.51. The number of anilines is 1. The lowest BCUT2D eigenvalue weighted by molar-refractivity contribution is -0.128. The van der Waals surface area contributed by atoms with Gasteiger partial charge in [-0.15, -0.1) is 0 Å². The van der Waals surface area contributed by atoms with Crippen LogP contribution in [0.3, 0.4) is 0 Å². The first-order chi connectivity index (χ1) is 10.9. The Morgan fingerprint density at radius 3 is 2.35 bits per heavy atom. The number of aromatic nitrogens is 1. The van der Waals surface area contributed by atoms with Gasteiger partial charge in [0.2, 0.25) is 5.91 Å². The zero-order valence-electron chi connectivity index (χ0n) is 14.9. The molecule has 0 atom stereocenters. The zero-order valence-corrected chi connectivity index (χ0v) is 14.9. The largest absolute Gasteiger partial charge is 0.371 e. The number of carbonyl (C=O) groups is 1. The summed E-state index contributed by atoms with van der Waals surface area (Å²) in [6, 6.07) is 4.35. The van der Waals surface area contributed by atoms with Crippen LogP contribution in [0.4, 0.5) is 5.69 Å². The number of likely N-dealkylation sites (tertiary alicyclic amines) is 1. The Morgan fingerprint density at radius 1 is 1.17 bits per heavy atom. The fraction of sp³-hybridized carbons (Fsp3) is 0.684. The fourth-order valence-corrected chi connectivity index (χ4v) is 4.16. The van der Waals surface area contributed by atoms with E-state index in [0.717, 1.165) is 56.8 Å². The highest BCUT2D eigenvalue weighted by atomic mass is 16.2. The first-order valence-corrected chi connectivity index (χ1v) is 8.85. The van der Waals surface area contributed by atoms with E-state index >= 15 is 0 Å². The average Bonchev–Trinajstić information content (AvgIpc) is 2.73. The monoisotopic (exact) mass is 315 g/mol. The van der Waals surface area contributed by atoms with Crippen molar-refractivity contribution in [3.8, 4) is 0 Å². The Kier molecular flexibility index (Phi) is 4.35. The summed E-state index contributed by atoms with van der Waals surface area (Å²) >= 11 is 0. The smallest absolute Gasteiger partial charge is 0.223 e. The standard InChI is InChI=1S/C19H29N3O/c1-14(2)12-22-13-19(11-18(22)23)5-7-21(8-6-19)17-9-15(3)20-16(4)10-17/h9-10,14H,5-8,11-13H2,1-4H3. The number of hydrogen-bond donors (Lipinski definition) is 0. The minimum Gasteiger partial charge on any atom is -0.371 e. The van der Waals surface area contributed by atoms with Crippen LogP contribution >= 0.6 is 0 Å². The highest BCUT2D eigenvalue weighted by molar-refractivity contribution is 5.79. The van der Waals surface area contributed by atoms with Gasteiger partial charge < -0.3 is 9.80 Å². The molecule has 2 aliphatic heterocycles. The third-order valence-corrected chi connectivity index (χ3v) is 5.25. The molecule has 1 spiro atoms. The molecule has 0 radical (unpaired) electrons. The molecular formula is C19H29N3O. The van der Waals surface area contributed by atoms with Crippen molar-refractivity contribution in [2.75, 3.05) is 31.1 Å². The molecule has 4 nitrogen and oxygen atoms in total. The molecule has 4 heteroatoms. The van der Waals surface area contributed by atoms with Gasteiger partial charge in [0.15, 0.2) is 0 Å². The second kappa shape index (κ2) is 6.14. The minimum atomic E-state index is 0.222. The molecule has 2 aliphatic rings. The molecule has 0 unspecified atom stereocenters. The lowest BCUT2D eigenvalue weighted by Crippen LogP contribution is -2.42. The average molecular weight is 315 g/mol. The van der Waals surface area contributed by atoms with Crippen molar-refractivity contribution in [2.45, 2.75) is 47.0 Å². The van der Waals surface area contributed by atoms with Crippen LogP contribution in [0.25, 0.3) is 0 Å². The SMILES string of the molecule is Cc1cc(N2CCC3(CC2)CC(=O)N(CC(C)C)C3)cc(C)n1. The summed E-state index contributed by atoms with van der Waals surface area (Å²) in [7, 11) is 0. The van der Waals surface area contributed by atoms with Gasteiger partial charge in [0, 0.05) is 55.1 Å². The van der Waals surface area contributed by atoms with Gasteiger partial charge >= 0.3 is 0 Å². The third-order valence-electron chi connectivity index (χ3n) is 5.25. The maximum Gasteiger partial charge on any atom is 0.223 e. The highest BCUT2D eigenvalue weighted by Crippen LogP contribution is 2.42. The first-order valence-electron chi connectivity index (χ1n) is 8.85. The molecule has 2 saturated heterocycles. The van der Waals surface area contributed by atoms with Gasteiger partial charge in [-0.3, -0.25) is 9.78 Å². The van der Waals surface area contributed by atoms with Crippen molar-refractivity contribution in [3.05, 3.63) is 23.5 Å². The second-order valence-electron chi connectivity index (χ2n) is 7.94. The van der Waals surface area contributed by atoms with E-state index in [1.165, 1.54) is 5.69 Å². The molecule has 1 amide bonds. The van der Waals surface area contributed by atoms with E-state index < -0.39 is 0 Å². The molecule has 126 valence electrons. The number of aryl methyl sites for hydroxylation is 2. The normalized spacial score (nSPS) is 20.8. The molecule has 0 N–H and O–H groups in total. The Morgan fingerprint density at radius 2 is 1.78 bits per heavy atom. The number of piperidine rings is 1. The van der Waals surface area contributed by atoms with E-state index in [1.54, 1.807) is 0 Å². The lowest BCUT2D eigenvalue weighted by atomic mass is 9.77. The van der Waals surface area contributed by atoms with Crippen molar-refractivity contribution < 1.29 is 4.79 Å². The number of carbonyl (C=O) groups excluding carboxylic acids is 1. The lowest BCUT2D eigenvalue weighted by Gasteiger charge is -2.40. The van der Waals surface area contributed by atoms with Crippen LogP contribution in [0.5, 0.6) is 0 Å². The van der Waals surface area contributed by atoms with Crippen LogP contribution in [-0.2, 0) is 4.79 Å². The maximum absolute atomic E-state index is 12.3. The topological polar surface area (TPSA) is 36.4 Å². The van der Waals surface area contributed by atoms with Crippen molar-refractivity contribution in [1.29, 1.82) is 0 Å². The van der Waals surface area contributed by atoms with E-state index in [1.807, 2.05) is 0 Å². The van der Waals surface area contributed by atoms with Gasteiger partial charge in [-0.05, 0) is 44.7 Å². The number of pyridine rings is 1. The van der Waals surface area contributed by atoms with Crippen molar-refractivity contribution in [1.82, 2.24) is 9.88 Å². The molecule has 1 aromatic rings. The van der Waals surface area contributed by atoms with Gasteiger partial charge in [-0.25, -0.2) is 0 Å². The molecule has 0 bridgehead atoms. The number of rotatable bonds is 3. The van der Waals surface area contributed by atoms with Crippen LogP contribution in [-0.4, -0.2) is 42.0 Å². The Bertz CT molecular complexity index is 568. The number of amides is 1. The van der Waals surface area contributed by atoms with E-state index in [2.05, 4.69) is 54.6 Å². The predicted molar refractivity (Wildman–Crippen MR) is 93.6 cm³/mol. The number of nitrogens with zero attached hydrogens (tertiary/aromatic N) is 3. The predicted octanol–water partition coefficient (Wildman–Crippen LogP) is 3.17. The van der Waals surface area contributed by atoms with Crippen molar-refractivity contribution in [3.63, 3.8) is 0 Å². The zero-order chi connectivity index (χ0) is 16.6. The molecule has 3 heterocycles. The molecule has 3 rings (SSSR count). The quantitative estimate of drug-likeness (QED) is 0.859. The minimum absolute atomic E-state index is 0.222. The Labute approximate surface area is 139 Å². The Balaban J connectivity index is 1.65. The van der Waals surface area contributed by atoms with Crippen LogP contribution in [0.15, 0.2) is 12.1 Å². The summed E-state index contributed by atoms with van der Waals surface area (Å²) < 4.78 is 0. The summed E-state index contributed by atoms with van der Waals surface area (Å²) in [4.78, 5) is 21.4. The summed E-state index contributed by atoms with van der Waals surface area (Å²) in [5, 5.41) is 0. The van der Waals surface area contributed by atoms with E-state index in [4.69, 9.17) is 0 Å². The van der Waals surface area contributed by atoms with E-state index in [0.29, 0.717) is 11.8 Å². The van der Waals surface area contributed by atoms with E-state index in [-0.39, 0.29) is 5.41 Å². The number of hydrogen-bond acceptors (Lipinski definition) is 3. The highest BCUT2D eigenvalue weighted by Gasteiger charge is 2.44. The maximum atomic E-state index is 12.3. The van der Waals surface area contributed by atoms with Gasteiger partial charge in [0.25, 0.3) is 0 Å². The molecule has 2 fully saturated rings. The van der Waals surface area contributed by atoms with Gasteiger partial charge in [0.1, 0.15) is 0 Å². The second-order valence-corrected chi connectivity index (χ2v) is 7.94. The van der Waals surface area contributed by atoms with Crippen LogP contribution in [0.1, 0.15) is 44.5 Å². The molecule has 23 heavy (non-hydrogen) atoms. The van der Waals surface area contributed by atoms with Gasteiger partial charge in [-0.2, -0.15) is 0 Å². The van der Waals surface area contributed by atoms with Crippen molar-refractivity contribution in [2.24, 2.45) is 11.3 Å². The van der Waals surface area contributed by atoms with E-state index in [9.17, 15) is 4.79 Å². The molecule has 0 aliphatic carbocycles. The van der Waals surface area contributed by atoms with Crippen LogP contribution in [0.2, 0.25) is 0 Å². The summed E-state index contributed by atoms with van der Waals surface area (Å²) in [5.41, 5.74) is 3.67. The fourth-order valence-electron chi connectivity index (χ4n) is 4.16. The first kappa shape index (κ1) is 16.3. The van der Waals surface area contributed by atoms with Crippen LogP contribution < -0.4 is 4.90 Å². The summed E-state index contributed by atoms with van der Waals surface area (Å²) in [6.07, 6.45) is 2.99.